The average Bonchev–Trinajstić information content (AvgIpc) is 2.28. The molecule has 5 nitrogen and oxygen atoms in total. The van der Waals surface area contributed by atoms with Crippen LogP contribution in [0.4, 0.5) is 5.95 Å². The minimum Gasteiger partial charge on any atom is -0.390 e. The first kappa shape index (κ1) is 13.2. The number of halogens is 1. The molecule has 0 saturated carbocycles. The number of alkyl halides is 1. The van der Waals surface area contributed by atoms with Crippen molar-refractivity contribution in [2.75, 3.05) is 24.9 Å². The molecule has 16 heavy (non-hydrogen) atoms. The summed E-state index contributed by atoms with van der Waals surface area (Å²) in [7, 11) is 3.65. The number of aliphatic hydroxyl groups is 2. The monoisotopic (exact) mass is 245 g/mol. The van der Waals surface area contributed by atoms with Crippen LogP contribution in [-0.2, 0) is 0 Å². The Balaban J connectivity index is 2.73. The van der Waals surface area contributed by atoms with Gasteiger partial charge < -0.3 is 15.1 Å². The van der Waals surface area contributed by atoms with Gasteiger partial charge in [-0.15, -0.1) is 11.6 Å². The van der Waals surface area contributed by atoms with E-state index in [0.717, 1.165) is 0 Å². The molecule has 1 aromatic heterocycles. The molecular formula is C10H16ClN3O2. The number of hydrogen-bond acceptors (Lipinski definition) is 5. The van der Waals surface area contributed by atoms with E-state index in [1.807, 2.05) is 14.1 Å². The molecule has 0 spiro atoms. The summed E-state index contributed by atoms with van der Waals surface area (Å²) in [4.78, 5) is 9.86. The molecule has 0 aromatic carbocycles. The van der Waals surface area contributed by atoms with Gasteiger partial charge in [-0.25, -0.2) is 9.97 Å². The molecule has 90 valence electrons. The first-order chi connectivity index (χ1) is 7.56. The van der Waals surface area contributed by atoms with E-state index in [1.165, 1.54) is 12.4 Å². The van der Waals surface area contributed by atoms with E-state index in [9.17, 15) is 10.2 Å². The Morgan fingerprint density at radius 2 is 1.88 bits per heavy atom. The van der Waals surface area contributed by atoms with Crippen molar-refractivity contribution in [3.63, 3.8) is 0 Å². The molecule has 2 unspecified atom stereocenters. The zero-order valence-corrected chi connectivity index (χ0v) is 10.1. The summed E-state index contributed by atoms with van der Waals surface area (Å²) >= 11 is 5.49. The molecule has 2 N–H and O–H groups in total. The van der Waals surface area contributed by atoms with Crippen molar-refractivity contribution in [2.45, 2.75) is 18.6 Å². The predicted molar refractivity (Wildman–Crippen MR) is 62.7 cm³/mol. The van der Waals surface area contributed by atoms with Crippen molar-refractivity contribution in [3.05, 3.63) is 18.0 Å². The second-order valence-corrected chi connectivity index (χ2v) is 4.08. The van der Waals surface area contributed by atoms with Crippen LogP contribution in [-0.4, -0.2) is 46.3 Å². The summed E-state index contributed by atoms with van der Waals surface area (Å²) in [5.74, 6) is 0.859. The van der Waals surface area contributed by atoms with Gasteiger partial charge in [0.05, 0.1) is 6.10 Å². The molecule has 0 aliphatic heterocycles. The fourth-order valence-corrected chi connectivity index (χ4v) is 1.43. The van der Waals surface area contributed by atoms with Crippen LogP contribution >= 0.6 is 11.6 Å². The highest BCUT2D eigenvalue weighted by Crippen LogP contribution is 2.18. The lowest BCUT2D eigenvalue weighted by Gasteiger charge is -2.17. The van der Waals surface area contributed by atoms with E-state index < -0.39 is 12.2 Å². The van der Waals surface area contributed by atoms with Gasteiger partial charge in [0, 0.05) is 37.9 Å². The summed E-state index contributed by atoms with van der Waals surface area (Å²) in [6.07, 6.45) is 1.47. The summed E-state index contributed by atoms with van der Waals surface area (Å²) < 4.78 is 0. The maximum atomic E-state index is 9.75. The van der Waals surface area contributed by atoms with Crippen molar-refractivity contribution in [1.82, 2.24) is 9.97 Å². The highest BCUT2D eigenvalue weighted by Gasteiger charge is 2.18. The van der Waals surface area contributed by atoms with E-state index in [4.69, 9.17) is 11.6 Å². The van der Waals surface area contributed by atoms with Crippen molar-refractivity contribution >= 4 is 17.5 Å². The summed E-state index contributed by atoms with van der Waals surface area (Å²) in [6, 6.07) is 0. The third kappa shape index (κ3) is 3.30. The van der Waals surface area contributed by atoms with Crippen LogP contribution in [0.5, 0.6) is 0 Å². The van der Waals surface area contributed by atoms with Crippen LogP contribution in [0.2, 0.25) is 0 Å². The first-order valence-electron chi connectivity index (χ1n) is 4.97. The summed E-state index contributed by atoms with van der Waals surface area (Å²) in [5.41, 5.74) is 0.489. The average molecular weight is 246 g/mol. The molecule has 6 heteroatoms. The number of aromatic nitrogens is 2. The Morgan fingerprint density at radius 3 is 2.31 bits per heavy atom. The standard InChI is InChI=1S/C10H16ClN3O2/c1-14(2)10-12-5-7(6-13-10)9(16)8(15)3-4-11/h5-6,8-9,15-16H,3-4H2,1-2H3. The molecule has 1 rings (SSSR count). The molecule has 0 saturated heterocycles. The lowest BCUT2D eigenvalue weighted by Crippen LogP contribution is -2.20. The minimum atomic E-state index is -0.991. The van der Waals surface area contributed by atoms with E-state index in [-0.39, 0.29) is 0 Å². The molecule has 0 aliphatic carbocycles. The van der Waals surface area contributed by atoms with Gasteiger partial charge in [0.1, 0.15) is 6.10 Å². The van der Waals surface area contributed by atoms with Gasteiger partial charge in [-0.3, -0.25) is 0 Å². The number of hydrogen-bond donors (Lipinski definition) is 2. The highest BCUT2D eigenvalue weighted by molar-refractivity contribution is 6.17. The quantitative estimate of drug-likeness (QED) is 0.742. The SMILES string of the molecule is CN(C)c1ncc(C(O)C(O)CCCl)cn1. The lowest BCUT2D eigenvalue weighted by atomic mass is 10.1. The molecule has 1 heterocycles. The van der Waals surface area contributed by atoms with Crippen LogP contribution < -0.4 is 4.90 Å². The van der Waals surface area contributed by atoms with Gasteiger partial charge >= 0.3 is 0 Å². The number of aliphatic hydroxyl groups excluding tert-OH is 2. The maximum absolute atomic E-state index is 9.75. The largest absolute Gasteiger partial charge is 0.390 e. The zero-order valence-electron chi connectivity index (χ0n) is 9.34. The fraction of sp³-hybridized carbons (Fsp3) is 0.600. The maximum Gasteiger partial charge on any atom is 0.224 e. The van der Waals surface area contributed by atoms with E-state index >= 15 is 0 Å². The molecule has 0 fully saturated rings. The van der Waals surface area contributed by atoms with Gasteiger partial charge in [-0.1, -0.05) is 0 Å². The molecule has 0 amide bonds. The number of anilines is 1. The Hall–Kier alpha value is -0.910. The molecule has 1 aromatic rings. The minimum absolute atomic E-state index is 0.300. The van der Waals surface area contributed by atoms with E-state index in [0.29, 0.717) is 23.8 Å². The van der Waals surface area contributed by atoms with E-state index in [2.05, 4.69) is 9.97 Å². The van der Waals surface area contributed by atoms with Gasteiger partial charge in [-0.05, 0) is 6.42 Å². The normalized spacial score (nSPS) is 14.6. The Kier molecular flexibility index (Phi) is 4.92. The van der Waals surface area contributed by atoms with Gasteiger partial charge in [-0.2, -0.15) is 0 Å². The van der Waals surface area contributed by atoms with Gasteiger partial charge in [0.2, 0.25) is 5.95 Å². The number of nitrogens with zero attached hydrogens (tertiary/aromatic N) is 3. The summed E-state index contributed by atoms with van der Waals surface area (Å²) in [5, 5.41) is 19.3. The van der Waals surface area contributed by atoms with Crippen LogP contribution in [0.25, 0.3) is 0 Å². The molecular weight excluding hydrogens is 230 g/mol. The third-order valence-electron chi connectivity index (χ3n) is 2.17. The van der Waals surface area contributed by atoms with Crippen molar-refractivity contribution in [2.24, 2.45) is 0 Å². The van der Waals surface area contributed by atoms with Gasteiger partial charge in [0.25, 0.3) is 0 Å². The van der Waals surface area contributed by atoms with E-state index in [1.54, 1.807) is 4.90 Å². The Bertz CT molecular complexity index is 318. The second-order valence-electron chi connectivity index (χ2n) is 3.70. The van der Waals surface area contributed by atoms with Crippen LogP contribution in [0.3, 0.4) is 0 Å². The van der Waals surface area contributed by atoms with Crippen LogP contribution in [0, 0.1) is 0 Å². The highest BCUT2D eigenvalue weighted by atomic mass is 35.5. The van der Waals surface area contributed by atoms with Gasteiger partial charge in [0.15, 0.2) is 0 Å². The molecule has 0 bridgehead atoms. The smallest absolute Gasteiger partial charge is 0.224 e. The molecule has 2 atom stereocenters. The third-order valence-corrected chi connectivity index (χ3v) is 2.39. The second kappa shape index (κ2) is 5.98. The lowest BCUT2D eigenvalue weighted by molar-refractivity contribution is 0.0166. The fourth-order valence-electron chi connectivity index (χ4n) is 1.21. The predicted octanol–water partition coefficient (Wildman–Crippen LogP) is 0.566. The Morgan fingerprint density at radius 1 is 1.31 bits per heavy atom. The zero-order chi connectivity index (χ0) is 12.1. The number of rotatable bonds is 5. The van der Waals surface area contributed by atoms with Crippen LogP contribution in [0.1, 0.15) is 18.1 Å². The van der Waals surface area contributed by atoms with Crippen molar-refractivity contribution in [3.8, 4) is 0 Å². The van der Waals surface area contributed by atoms with Crippen LogP contribution in [0.15, 0.2) is 12.4 Å². The first-order valence-corrected chi connectivity index (χ1v) is 5.51. The van der Waals surface area contributed by atoms with Crippen molar-refractivity contribution < 1.29 is 10.2 Å². The topological polar surface area (TPSA) is 69.5 Å². The summed E-state index contributed by atoms with van der Waals surface area (Å²) in [6.45, 7) is 0. The van der Waals surface area contributed by atoms with Crippen molar-refractivity contribution in [1.29, 1.82) is 0 Å². The Labute approximate surface area is 99.7 Å². The molecule has 0 aliphatic rings. The molecule has 0 radical (unpaired) electrons.